The Morgan fingerprint density at radius 1 is 1.03 bits per heavy atom. The number of hydrogen-bond donors (Lipinski definition) is 0. The average molecular weight is 399 g/mol. The molecule has 0 aliphatic heterocycles. The van der Waals surface area contributed by atoms with Crippen LogP contribution in [0.4, 0.5) is 8.78 Å². The van der Waals surface area contributed by atoms with Crippen LogP contribution in [0.5, 0.6) is 0 Å². The summed E-state index contributed by atoms with van der Waals surface area (Å²) in [5, 5.41) is 0. The first-order valence-electron chi connectivity index (χ1n) is 10.2. The molecule has 2 aromatic carbocycles. The van der Waals surface area contributed by atoms with E-state index in [9.17, 15) is 13.6 Å². The molecule has 0 aliphatic rings. The van der Waals surface area contributed by atoms with Crippen LogP contribution < -0.4 is 0 Å². The van der Waals surface area contributed by atoms with Crippen LogP contribution in [0.1, 0.15) is 55.7 Å². The molecule has 3 aromatic rings. The lowest BCUT2D eigenvalue weighted by molar-refractivity contribution is 0.0733. The second-order valence-electron chi connectivity index (χ2n) is 7.23. The maximum Gasteiger partial charge on any atom is 0.254 e. The number of halogens is 2. The standard InChI is InChI=1S/C23H27F2N3O/c1-3-5-8-14-27(23(29)17-11-12-18(24)19(25)15-17)16-22-26-20-9-6-7-10-21(20)28(22)13-4-2/h6-7,9-12,15H,3-5,8,13-14,16H2,1-2H3. The largest absolute Gasteiger partial charge is 0.331 e. The van der Waals surface area contributed by atoms with Crippen molar-refractivity contribution >= 4 is 16.9 Å². The van der Waals surface area contributed by atoms with E-state index in [4.69, 9.17) is 4.98 Å². The zero-order valence-corrected chi connectivity index (χ0v) is 17.0. The Morgan fingerprint density at radius 3 is 2.55 bits per heavy atom. The van der Waals surface area contributed by atoms with Crippen LogP contribution in [-0.2, 0) is 13.1 Å². The van der Waals surface area contributed by atoms with E-state index < -0.39 is 11.6 Å². The second-order valence-corrected chi connectivity index (χ2v) is 7.23. The molecule has 1 amide bonds. The number of unbranched alkanes of at least 4 members (excludes halogenated alkanes) is 2. The SMILES string of the molecule is CCCCCN(Cc1nc2ccccc2n1CCC)C(=O)c1ccc(F)c(F)c1. The fourth-order valence-electron chi connectivity index (χ4n) is 3.51. The van der Waals surface area contributed by atoms with Crippen molar-refractivity contribution in [3.05, 3.63) is 65.5 Å². The number of imidazole rings is 1. The van der Waals surface area contributed by atoms with E-state index in [0.717, 1.165) is 61.2 Å². The Labute approximate surface area is 170 Å². The van der Waals surface area contributed by atoms with E-state index in [0.29, 0.717) is 13.1 Å². The lowest BCUT2D eigenvalue weighted by atomic mass is 10.1. The number of rotatable bonds is 9. The Hall–Kier alpha value is -2.76. The number of aromatic nitrogens is 2. The molecule has 6 heteroatoms. The smallest absolute Gasteiger partial charge is 0.254 e. The van der Waals surface area contributed by atoms with Gasteiger partial charge in [-0.25, -0.2) is 13.8 Å². The molecule has 0 saturated carbocycles. The van der Waals surface area contributed by atoms with Gasteiger partial charge in [-0.05, 0) is 43.2 Å². The zero-order valence-electron chi connectivity index (χ0n) is 17.0. The van der Waals surface area contributed by atoms with E-state index in [1.165, 1.54) is 6.07 Å². The minimum Gasteiger partial charge on any atom is -0.331 e. The Kier molecular flexibility index (Phi) is 6.96. The molecule has 0 bridgehead atoms. The summed E-state index contributed by atoms with van der Waals surface area (Å²) in [5.74, 6) is -1.47. The molecule has 1 heterocycles. The maximum atomic E-state index is 13.7. The summed E-state index contributed by atoms with van der Waals surface area (Å²) in [5.41, 5.74) is 2.08. The number of amides is 1. The van der Waals surface area contributed by atoms with Crippen molar-refractivity contribution in [2.45, 2.75) is 52.6 Å². The van der Waals surface area contributed by atoms with Crippen LogP contribution in [0, 0.1) is 11.6 Å². The van der Waals surface area contributed by atoms with Crippen molar-refractivity contribution in [2.24, 2.45) is 0 Å². The summed E-state index contributed by atoms with van der Waals surface area (Å²) in [6.45, 7) is 5.88. The average Bonchev–Trinajstić information content (AvgIpc) is 3.06. The predicted molar refractivity (Wildman–Crippen MR) is 111 cm³/mol. The van der Waals surface area contributed by atoms with Gasteiger partial charge >= 0.3 is 0 Å². The van der Waals surface area contributed by atoms with Gasteiger partial charge in [0.1, 0.15) is 5.82 Å². The van der Waals surface area contributed by atoms with Crippen LogP contribution in [0.2, 0.25) is 0 Å². The molecule has 0 fully saturated rings. The molecule has 3 rings (SSSR count). The molecular weight excluding hydrogens is 372 g/mol. The molecule has 0 unspecified atom stereocenters. The van der Waals surface area contributed by atoms with Gasteiger partial charge in [-0.2, -0.15) is 0 Å². The van der Waals surface area contributed by atoms with Gasteiger partial charge in [-0.15, -0.1) is 0 Å². The quantitative estimate of drug-likeness (QED) is 0.442. The van der Waals surface area contributed by atoms with Gasteiger partial charge in [0.2, 0.25) is 0 Å². The summed E-state index contributed by atoms with van der Waals surface area (Å²) >= 11 is 0. The van der Waals surface area contributed by atoms with E-state index in [-0.39, 0.29) is 11.5 Å². The van der Waals surface area contributed by atoms with Crippen molar-refractivity contribution in [1.29, 1.82) is 0 Å². The molecule has 4 nitrogen and oxygen atoms in total. The number of para-hydroxylation sites is 2. The Balaban J connectivity index is 1.93. The van der Waals surface area contributed by atoms with Gasteiger partial charge in [-0.3, -0.25) is 4.79 Å². The highest BCUT2D eigenvalue weighted by molar-refractivity contribution is 5.94. The third kappa shape index (κ3) is 4.81. The summed E-state index contributed by atoms with van der Waals surface area (Å²) in [6.07, 6.45) is 3.81. The molecule has 0 atom stereocenters. The van der Waals surface area contributed by atoms with E-state index in [2.05, 4.69) is 18.4 Å². The maximum absolute atomic E-state index is 13.7. The molecule has 0 spiro atoms. The number of hydrogen-bond acceptors (Lipinski definition) is 2. The Bertz CT molecular complexity index is 983. The zero-order chi connectivity index (χ0) is 20.8. The van der Waals surface area contributed by atoms with Crippen molar-refractivity contribution in [3.63, 3.8) is 0 Å². The third-order valence-electron chi connectivity index (χ3n) is 5.00. The molecule has 0 radical (unpaired) electrons. The topological polar surface area (TPSA) is 38.1 Å². The molecule has 0 aliphatic carbocycles. The van der Waals surface area contributed by atoms with Gasteiger partial charge < -0.3 is 9.47 Å². The van der Waals surface area contributed by atoms with Crippen molar-refractivity contribution < 1.29 is 13.6 Å². The van der Waals surface area contributed by atoms with Crippen molar-refractivity contribution in [2.75, 3.05) is 6.54 Å². The molecular formula is C23H27F2N3O. The molecule has 154 valence electrons. The summed E-state index contributed by atoms with van der Waals surface area (Å²) in [7, 11) is 0. The van der Waals surface area contributed by atoms with Gasteiger partial charge in [0, 0.05) is 18.7 Å². The summed E-state index contributed by atoms with van der Waals surface area (Å²) in [6, 6.07) is 11.2. The van der Waals surface area contributed by atoms with Crippen molar-refractivity contribution in [1.82, 2.24) is 14.5 Å². The first-order chi connectivity index (χ1) is 14.0. The van der Waals surface area contributed by atoms with Gasteiger partial charge in [0.05, 0.1) is 17.6 Å². The third-order valence-corrected chi connectivity index (χ3v) is 5.00. The van der Waals surface area contributed by atoms with Crippen LogP contribution in [-0.4, -0.2) is 26.9 Å². The minimum atomic E-state index is -1.01. The van der Waals surface area contributed by atoms with Gasteiger partial charge in [-0.1, -0.05) is 38.8 Å². The van der Waals surface area contributed by atoms with Gasteiger partial charge in [0.25, 0.3) is 5.91 Å². The fraction of sp³-hybridized carbons (Fsp3) is 0.391. The number of aryl methyl sites for hydroxylation is 1. The minimum absolute atomic E-state index is 0.151. The van der Waals surface area contributed by atoms with Crippen LogP contribution in [0.15, 0.2) is 42.5 Å². The highest BCUT2D eigenvalue weighted by Crippen LogP contribution is 2.20. The van der Waals surface area contributed by atoms with Gasteiger partial charge in [0.15, 0.2) is 11.6 Å². The highest BCUT2D eigenvalue weighted by Gasteiger charge is 2.20. The normalized spacial score (nSPS) is 11.2. The van der Waals surface area contributed by atoms with Crippen molar-refractivity contribution in [3.8, 4) is 0 Å². The lowest BCUT2D eigenvalue weighted by Gasteiger charge is -2.23. The first-order valence-corrected chi connectivity index (χ1v) is 10.2. The van der Waals surface area contributed by atoms with E-state index in [1.54, 1.807) is 4.90 Å². The molecule has 29 heavy (non-hydrogen) atoms. The first kappa shape index (κ1) is 21.0. The molecule has 0 saturated heterocycles. The van der Waals surface area contributed by atoms with Crippen LogP contribution in [0.3, 0.4) is 0 Å². The molecule has 1 aromatic heterocycles. The summed E-state index contributed by atoms with van der Waals surface area (Å²) in [4.78, 5) is 19.5. The predicted octanol–water partition coefficient (Wildman–Crippen LogP) is 5.56. The Morgan fingerprint density at radius 2 is 1.83 bits per heavy atom. The second kappa shape index (κ2) is 9.63. The highest BCUT2D eigenvalue weighted by atomic mass is 19.2. The van der Waals surface area contributed by atoms with Crippen LogP contribution in [0.25, 0.3) is 11.0 Å². The van der Waals surface area contributed by atoms with Crippen LogP contribution >= 0.6 is 0 Å². The number of nitrogens with zero attached hydrogens (tertiary/aromatic N) is 3. The fourth-order valence-corrected chi connectivity index (χ4v) is 3.51. The van der Waals surface area contributed by atoms with E-state index >= 15 is 0 Å². The summed E-state index contributed by atoms with van der Waals surface area (Å²) < 4.78 is 29.1. The lowest BCUT2D eigenvalue weighted by Crippen LogP contribution is -2.33. The monoisotopic (exact) mass is 399 g/mol. The number of benzene rings is 2. The number of carbonyl (C=O) groups excluding carboxylic acids is 1. The molecule has 0 N–H and O–H groups in total. The van der Waals surface area contributed by atoms with E-state index in [1.807, 2.05) is 24.3 Å². The number of fused-ring (bicyclic) bond motifs is 1. The number of carbonyl (C=O) groups is 1.